The van der Waals surface area contributed by atoms with Gasteiger partial charge in [0.15, 0.2) is 0 Å². The molecule has 0 saturated carbocycles. The van der Waals surface area contributed by atoms with E-state index in [1.807, 2.05) is 29.2 Å². The molecule has 1 aliphatic heterocycles. The van der Waals surface area contributed by atoms with E-state index in [1.54, 1.807) is 31.6 Å². The molecule has 1 amide bonds. The van der Waals surface area contributed by atoms with Crippen molar-refractivity contribution >= 4 is 5.91 Å². The Morgan fingerprint density at radius 2 is 2.00 bits per heavy atom. The number of nitrogens with zero attached hydrogens (tertiary/aromatic N) is 3. The normalized spacial score (nSPS) is 16.3. The van der Waals surface area contributed by atoms with Gasteiger partial charge in [-0.2, -0.15) is 0 Å². The number of benzene rings is 1. The van der Waals surface area contributed by atoms with E-state index in [0.29, 0.717) is 30.3 Å². The van der Waals surface area contributed by atoms with E-state index < -0.39 is 0 Å². The van der Waals surface area contributed by atoms with Crippen molar-refractivity contribution in [3.63, 3.8) is 0 Å². The minimum absolute atomic E-state index is 0.117. The monoisotopic (exact) mass is 407 g/mol. The van der Waals surface area contributed by atoms with Crippen LogP contribution in [0.3, 0.4) is 0 Å². The van der Waals surface area contributed by atoms with E-state index in [1.165, 1.54) is 7.11 Å². The Balaban J connectivity index is 1.57. The van der Waals surface area contributed by atoms with E-state index in [0.717, 1.165) is 36.3 Å². The molecule has 156 valence electrons. The molecule has 1 atom stereocenters. The van der Waals surface area contributed by atoms with Gasteiger partial charge in [-0.05, 0) is 37.5 Å². The molecular weight excluding hydrogens is 382 g/mol. The number of aromatic nitrogens is 2. The number of hydrogen-bond acceptors (Lipinski definition) is 6. The summed E-state index contributed by atoms with van der Waals surface area (Å²) in [6.45, 7) is 0.645. The summed E-state index contributed by atoms with van der Waals surface area (Å²) >= 11 is 0. The van der Waals surface area contributed by atoms with Crippen molar-refractivity contribution in [3.05, 3.63) is 71.6 Å². The van der Waals surface area contributed by atoms with Crippen LogP contribution in [0.2, 0.25) is 0 Å². The topological polar surface area (TPSA) is 77.7 Å². The standard InChI is InChI=1S/C23H25N3O4/c1-28-20-11-4-3-8-16(20)14-17-15-25-22(30-17)19-10-5-6-13-26(19)23(27)18-9-7-12-24-21(18)29-2/h3-4,7-9,11-12,15,19H,5-6,10,13-14H2,1-2H3. The zero-order valence-electron chi connectivity index (χ0n) is 17.2. The summed E-state index contributed by atoms with van der Waals surface area (Å²) in [4.78, 5) is 23.8. The van der Waals surface area contributed by atoms with Crippen LogP contribution in [0.5, 0.6) is 11.6 Å². The fourth-order valence-electron chi connectivity index (χ4n) is 3.90. The summed E-state index contributed by atoms with van der Waals surface area (Å²) in [6, 6.07) is 11.1. The van der Waals surface area contributed by atoms with Crippen molar-refractivity contribution in [1.29, 1.82) is 0 Å². The number of methoxy groups -OCH3 is 2. The number of pyridine rings is 1. The van der Waals surface area contributed by atoms with Crippen LogP contribution in [0.4, 0.5) is 0 Å². The van der Waals surface area contributed by atoms with E-state index in [9.17, 15) is 4.79 Å². The highest BCUT2D eigenvalue weighted by molar-refractivity contribution is 5.96. The van der Waals surface area contributed by atoms with E-state index >= 15 is 0 Å². The fraction of sp³-hybridized carbons (Fsp3) is 0.348. The zero-order chi connectivity index (χ0) is 20.9. The molecule has 0 spiro atoms. The van der Waals surface area contributed by atoms with Crippen molar-refractivity contribution in [3.8, 4) is 11.6 Å². The van der Waals surface area contributed by atoms with Gasteiger partial charge >= 0.3 is 0 Å². The van der Waals surface area contributed by atoms with Gasteiger partial charge in [-0.15, -0.1) is 0 Å². The Kier molecular flexibility index (Phi) is 5.97. The third-order valence-corrected chi connectivity index (χ3v) is 5.37. The summed E-state index contributed by atoms with van der Waals surface area (Å²) in [5.74, 6) is 2.33. The number of likely N-dealkylation sites (tertiary alicyclic amines) is 1. The fourth-order valence-corrected chi connectivity index (χ4v) is 3.90. The van der Waals surface area contributed by atoms with Gasteiger partial charge in [0.25, 0.3) is 5.91 Å². The van der Waals surface area contributed by atoms with Gasteiger partial charge in [-0.3, -0.25) is 4.79 Å². The maximum atomic E-state index is 13.3. The summed E-state index contributed by atoms with van der Waals surface area (Å²) in [7, 11) is 3.17. The number of carbonyl (C=O) groups excluding carboxylic acids is 1. The molecule has 1 saturated heterocycles. The predicted molar refractivity (Wildman–Crippen MR) is 111 cm³/mol. The largest absolute Gasteiger partial charge is 0.496 e. The summed E-state index contributed by atoms with van der Waals surface area (Å²) < 4.78 is 16.8. The van der Waals surface area contributed by atoms with Gasteiger partial charge < -0.3 is 18.8 Å². The molecule has 1 unspecified atom stereocenters. The van der Waals surface area contributed by atoms with E-state index in [2.05, 4.69) is 9.97 Å². The minimum Gasteiger partial charge on any atom is -0.496 e. The van der Waals surface area contributed by atoms with Crippen LogP contribution in [0.15, 0.2) is 53.2 Å². The van der Waals surface area contributed by atoms with Crippen LogP contribution in [-0.2, 0) is 6.42 Å². The highest BCUT2D eigenvalue weighted by atomic mass is 16.5. The second kappa shape index (κ2) is 8.98. The minimum atomic E-state index is -0.206. The molecule has 0 bridgehead atoms. The van der Waals surface area contributed by atoms with Crippen molar-refractivity contribution in [2.24, 2.45) is 0 Å². The third-order valence-electron chi connectivity index (χ3n) is 5.37. The number of piperidine rings is 1. The third kappa shape index (κ3) is 4.01. The van der Waals surface area contributed by atoms with Gasteiger partial charge in [0.1, 0.15) is 23.1 Å². The molecule has 7 nitrogen and oxygen atoms in total. The average Bonchev–Trinajstić information content (AvgIpc) is 3.27. The van der Waals surface area contributed by atoms with Crippen molar-refractivity contribution < 1.29 is 18.7 Å². The summed E-state index contributed by atoms with van der Waals surface area (Å²) in [5, 5.41) is 0. The first-order valence-electron chi connectivity index (χ1n) is 10.1. The molecule has 30 heavy (non-hydrogen) atoms. The average molecular weight is 407 g/mol. The quantitative estimate of drug-likeness (QED) is 0.614. The second-order valence-corrected chi connectivity index (χ2v) is 7.22. The molecular formula is C23H25N3O4. The first kappa shape index (κ1) is 19.9. The van der Waals surface area contributed by atoms with Gasteiger partial charge in [0.2, 0.25) is 11.8 Å². The molecule has 1 aliphatic rings. The van der Waals surface area contributed by atoms with Crippen LogP contribution < -0.4 is 9.47 Å². The molecule has 0 N–H and O–H groups in total. The van der Waals surface area contributed by atoms with Gasteiger partial charge in [0, 0.05) is 24.7 Å². The van der Waals surface area contributed by atoms with Crippen molar-refractivity contribution in [1.82, 2.24) is 14.9 Å². The first-order valence-corrected chi connectivity index (χ1v) is 10.1. The number of carbonyl (C=O) groups is 1. The van der Waals surface area contributed by atoms with Crippen molar-refractivity contribution in [2.45, 2.75) is 31.7 Å². The SMILES string of the molecule is COc1ccccc1Cc1cnc(C2CCCCN2C(=O)c2cccnc2OC)o1. The van der Waals surface area contributed by atoms with Gasteiger partial charge in [-0.1, -0.05) is 18.2 Å². The van der Waals surface area contributed by atoms with E-state index in [-0.39, 0.29) is 11.9 Å². The maximum absolute atomic E-state index is 13.3. The Morgan fingerprint density at radius 1 is 1.13 bits per heavy atom. The lowest BCUT2D eigenvalue weighted by molar-refractivity contribution is 0.0566. The molecule has 4 rings (SSSR count). The highest BCUT2D eigenvalue weighted by Crippen LogP contribution is 2.33. The molecule has 0 radical (unpaired) electrons. The van der Waals surface area contributed by atoms with Crippen LogP contribution in [0.1, 0.15) is 52.9 Å². The molecule has 1 aromatic carbocycles. The lowest BCUT2D eigenvalue weighted by Gasteiger charge is -2.34. The molecule has 0 aliphatic carbocycles. The number of oxazole rings is 1. The number of hydrogen-bond donors (Lipinski definition) is 0. The Labute approximate surface area is 175 Å². The summed E-state index contributed by atoms with van der Waals surface area (Å²) in [5.41, 5.74) is 1.48. The maximum Gasteiger partial charge on any atom is 0.260 e. The Bertz CT molecular complexity index is 1020. The van der Waals surface area contributed by atoms with Crippen LogP contribution in [-0.4, -0.2) is 41.5 Å². The number of ether oxygens (including phenoxy) is 2. The van der Waals surface area contributed by atoms with Crippen molar-refractivity contribution in [2.75, 3.05) is 20.8 Å². The smallest absolute Gasteiger partial charge is 0.260 e. The van der Waals surface area contributed by atoms with Crippen LogP contribution in [0, 0.1) is 0 Å². The molecule has 7 heteroatoms. The number of para-hydroxylation sites is 1. The van der Waals surface area contributed by atoms with E-state index in [4.69, 9.17) is 13.9 Å². The highest BCUT2D eigenvalue weighted by Gasteiger charge is 2.33. The first-order chi connectivity index (χ1) is 14.7. The lowest BCUT2D eigenvalue weighted by atomic mass is 10.0. The summed E-state index contributed by atoms with van der Waals surface area (Å²) in [6.07, 6.45) is 6.70. The number of rotatable bonds is 6. The lowest BCUT2D eigenvalue weighted by Crippen LogP contribution is -2.38. The van der Waals surface area contributed by atoms with Gasteiger partial charge in [-0.25, -0.2) is 9.97 Å². The molecule has 3 heterocycles. The molecule has 2 aromatic heterocycles. The number of amides is 1. The van der Waals surface area contributed by atoms with Crippen LogP contribution in [0.25, 0.3) is 0 Å². The molecule has 1 fully saturated rings. The zero-order valence-corrected chi connectivity index (χ0v) is 17.2. The van der Waals surface area contributed by atoms with Crippen LogP contribution >= 0.6 is 0 Å². The Morgan fingerprint density at radius 3 is 2.83 bits per heavy atom. The van der Waals surface area contributed by atoms with Gasteiger partial charge in [0.05, 0.1) is 20.4 Å². The predicted octanol–water partition coefficient (Wildman–Crippen LogP) is 4.05. The Hall–Kier alpha value is -3.35. The second-order valence-electron chi connectivity index (χ2n) is 7.22. The molecule has 3 aromatic rings.